The zero-order valence-corrected chi connectivity index (χ0v) is 12.6. The molecule has 2 aromatic carbocycles. The first-order chi connectivity index (χ1) is 9.85. The van der Waals surface area contributed by atoms with Crippen molar-refractivity contribution in [3.8, 4) is 0 Å². The maximum absolute atomic E-state index is 3.48. The molecular formula is C19H25N. The second-order valence-corrected chi connectivity index (χ2v) is 5.27. The fraction of sp³-hybridized carbons (Fsp3) is 0.368. The van der Waals surface area contributed by atoms with Crippen molar-refractivity contribution in [2.75, 3.05) is 7.05 Å². The normalized spacial score (nSPS) is 12.3. The summed E-state index contributed by atoms with van der Waals surface area (Å²) in [6.07, 6.45) is 4.66. The van der Waals surface area contributed by atoms with Gasteiger partial charge in [-0.25, -0.2) is 0 Å². The fourth-order valence-corrected chi connectivity index (χ4v) is 2.81. The van der Waals surface area contributed by atoms with Gasteiger partial charge in [0.2, 0.25) is 0 Å². The van der Waals surface area contributed by atoms with Gasteiger partial charge in [0.1, 0.15) is 0 Å². The minimum atomic E-state index is 0.467. The highest BCUT2D eigenvalue weighted by Crippen LogP contribution is 2.23. The van der Waals surface area contributed by atoms with Crippen molar-refractivity contribution in [3.63, 3.8) is 0 Å². The highest BCUT2D eigenvalue weighted by atomic mass is 14.9. The summed E-state index contributed by atoms with van der Waals surface area (Å²) >= 11 is 0. The number of hydrogen-bond donors (Lipinski definition) is 1. The van der Waals surface area contributed by atoms with Gasteiger partial charge in [-0.3, -0.25) is 0 Å². The van der Waals surface area contributed by atoms with Gasteiger partial charge in [-0.15, -0.1) is 0 Å². The van der Waals surface area contributed by atoms with Crippen LogP contribution in [0.25, 0.3) is 0 Å². The Hall–Kier alpha value is -1.60. The first-order valence-corrected chi connectivity index (χ1v) is 7.64. The minimum Gasteiger partial charge on any atom is -0.313 e. The molecule has 1 heteroatoms. The van der Waals surface area contributed by atoms with Crippen LogP contribution in [0.2, 0.25) is 0 Å². The molecule has 20 heavy (non-hydrogen) atoms. The van der Waals surface area contributed by atoms with E-state index in [1.807, 2.05) is 0 Å². The quantitative estimate of drug-likeness (QED) is 0.777. The van der Waals surface area contributed by atoms with E-state index in [1.54, 1.807) is 0 Å². The van der Waals surface area contributed by atoms with Crippen LogP contribution in [0.1, 0.15) is 42.5 Å². The number of rotatable bonds is 7. The molecular weight excluding hydrogens is 242 g/mol. The number of hydrogen-bond acceptors (Lipinski definition) is 1. The third-order valence-electron chi connectivity index (χ3n) is 3.96. The third kappa shape index (κ3) is 3.94. The van der Waals surface area contributed by atoms with E-state index >= 15 is 0 Å². The summed E-state index contributed by atoms with van der Waals surface area (Å²) in [5.41, 5.74) is 4.36. The Morgan fingerprint density at radius 3 is 2.35 bits per heavy atom. The van der Waals surface area contributed by atoms with E-state index in [0.29, 0.717) is 6.04 Å². The molecule has 0 saturated heterocycles. The lowest BCUT2D eigenvalue weighted by molar-refractivity contribution is 0.523. The average molecular weight is 267 g/mol. The maximum atomic E-state index is 3.48. The topological polar surface area (TPSA) is 12.0 Å². The molecule has 106 valence electrons. The summed E-state index contributed by atoms with van der Waals surface area (Å²) in [5, 5.41) is 3.48. The molecule has 0 saturated carbocycles. The number of aryl methyl sites for hydroxylation is 2. The molecule has 1 atom stereocenters. The van der Waals surface area contributed by atoms with Crippen molar-refractivity contribution in [1.82, 2.24) is 5.32 Å². The van der Waals surface area contributed by atoms with Gasteiger partial charge < -0.3 is 5.32 Å². The highest BCUT2D eigenvalue weighted by molar-refractivity contribution is 5.30. The van der Waals surface area contributed by atoms with Crippen molar-refractivity contribution in [3.05, 3.63) is 71.3 Å². The Morgan fingerprint density at radius 2 is 1.65 bits per heavy atom. The van der Waals surface area contributed by atoms with E-state index in [2.05, 4.69) is 73.9 Å². The van der Waals surface area contributed by atoms with Gasteiger partial charge in [0.15, 0.2) is 0 Å². The van der Waals surface area contributed by atoms with Crippen LogP contribution >= 0.6 is 0 Å². The third-order valence-corrected chi connectivity index (χ3v) is 3.96. The molecule has 0 radical (unpaired) electrons. The van der Waals surface area contributed by atoms with Crippen LogP contribution in [0.5, 0.6) is 0 Å². The standard InChI is InChI=1S/C19H25N/c1-3-17-13-7-8-14-18(17)19(20-2)15-9-12-16-10-5-4-6-11-16/h4-8,10-11,13-14,19-20H,3,9,12,15H2,1-2H3. The molecule has 1 N–H and O–H groups in total. The van der Waals surface area contributed by atoms with Crippen molar-refractivity contribution >= 4 is 0 Å². The molecule has 0 aromatic heterocycles. The molecule has 0 heterocycles. The van der Waals surface area contributed by atoms with E-state index in [0.717, 1.165) is 12.8 Å². The minimum absolute atomic E-state index is 0.467. The Balaban J connectivity index is 1.95. The smallest absolute Gasteiger partial charge is 0.0320 e. The molecule has 0 fully saturated rings. The Labute approximate surface area is 123 Å². The molecule has 0 bridgehead atoms. The maximum Gasteiger partial charge on any atom is 0.0320 e. The predicted octanol–water partition coefficient (Wildman–Crippen LogP) is 4.53. The van der Waals surface area contributed by atoms with Crippen LogP contribution < -0.4 is 5.32 Å². The largest absolute Gasteiger partial charge is 0.313 e. The first kappa shape index (κ1) is 14.8. The molecule has 0 aliphatic rings. The molecule has 0 aliphatic heterocycles. The van der Waals surface area contributed by atoms with Crippen molar-refractivity contribution in [2.45, 2.75) is 38.6 Å². The monoisotopic (exact) mass is 267 g/mol. The van der Waals surface area contributed by atoms with Gasteiger partial charge in [-0.1, -0.05) is 61.5 Å². The molecule has 2 aromatic rings. The number of benzene rings is 2. The lowest BCUT2D eigenvalue weighted by atomic mass is 9.94. The zero-order chi connectivity index (χ0) is 14.2. The van der Waals surface area contributed by atoms with Gasteiger partial charge in [0.25, 0.3) is 0 Å². The Morgan fingerprint density at radius 1 is 0.950 bits per heavy atom. The average Bonchev–Trinajstić information content (AvgIpc) is 2.53. The van der Waals surface area contributed by atoms with Gasteiger partial charge in [-0.05, 0) is 49.4 Å². The van der Waals surface area contributed by atoms with Crippen LogP contribution in [-0.4, -0.2) is 7.05 Å². The van der Waals surface area contributed by atoms with Crippen LogP contribution in [0.3, 0.4) is 0 Å². The van der Waals surface area contributed by atoms with Gasteiger partial charge in [-0.2, -0.15) is 0 Å². The predicted molar refractivity (Wildman–Crippen MR) is 87.0 cm³/mol. The van der Waals surface area contributed by atoms with Crippen LogP contribution in [0.4, 0.5) is 0 Å². The summed E-state index contributed by atoms with van der Waals surface area (Å²) < 4.78 is 0. The SMILES string of the molecule is CCc1ccccc1C(CCCc1ccccc1)NC. The highest BCUT2D eigenvalue weighted by Gasteiger charge is 2.11. The summed E-state index contributed by atoms with van der Waals surface area (Å²) in [6.45, 7) is 2.23. The van der Waals surface area contributed by atoms with Crippen LogP contribution in [-0.2, 0) is 12.8 Å². The lowest BCUT2D eigenvalue weighted by Crippen LogP contribution is -2.18. The van der Waals surface area contributed by atoms with Crippen molar-refractivity contribution < 1.29 is 0 Å². The Bertz CT molecular complexity index is 504. The van der Waals surface area contributed by atoms with Gasteiger partial charge in [0, 0.05) is 6.04 Å². The second-order valence-electron chi connectivity index (χ2n) is 5.27. The van der Waals surface area contributed by atoms with Crippen molar-refractivity contribution in [2.24, 2.45) is 0 Å². The summed E-state index contributed by atoms with van der Waals surface area (Å²) in [4.78, 5) is 0. The molecule has 0 spiro atoms. The summed E-state index contributed by atoms with van der Waals surface area (Å²) in [7, 11) is 2.07. The molecule has 0 amide bonds. The van der Waals surface area contributed by atoms with E-state index in [4.69, 9.17) is 0 Å². The van der Waals surface area contributed by atoms with Gasteiger partial charge in [0.05, 0.1) is 0 Å². The number of nitrogens with one attached hydrogen (secondary N) is 1. The van der Waals surface area contributed by atoms with Crippen LogP contribution in [0.15, 0.2) is 54.6 Å². The lowest BCUT2D eigenvalue weighted by Gasteiger charge is -2.19. The summed E-state index contributed by atoms with van der Waals surface area (Å²) in [5.74, 6) is 0. The van der Waals surface area contributed by atoms with Crippen molar-refractivity contribution in [1.29, 1.82) is 0 Å². The molecule has 1 unspecified atom stereocenters. The van der Waals surface area contributed by atoms with E-state index in [9.17, 15) is 0 Å². The van der Waals surface area contributed by atoms with Gasteiger partial charge >= 0.3 is 0 Å². The Kier molecular flexibility index (Phi) is 5.82. The fourth-order valence-electron chi connectivity index (χ4n) is 2.81. The molecule has 0 aliphatic carbocycles. The first-order valence-electron chi connectivity index (χ1n) is 7.64. The zero-order valence-electron chi connectivity index (χ0n) is 12.6. The molecule has 1 nitrogen and oxygen atoms in total. The molecule has 2 rings (SSSR count). The van der Waals surface area contributed by atoms with E-state index in [1.165, 1.54) is 29.5 Å². The summed E-state index contributed by atoms with van der Waals surface area (Å²) in [6, 6.07) is 20.0. The second kappa shape index (κ2) is 7.86. The van der Waals surface area contributed by atoms with E-state index < -0.39 is 0 Å². The van der Waals surface area contributed by atoms with Crippen LogP contribution in [0, 0.1) is 0 Å². The van der Waals surface area contributed by atoms with E-state index in [-0.39, 0.29) is 0 Å².